The lowest BCUT2D eigenvalue weighted by Gasteiger charge is -2.37. The Morgan fingerprint density at radius 3 is 2.18 bits per heavy atom. The minimum Gasteiger partial charge on any atom is -0.491 e. The third-order valence-corrected chi connectivity index (χ3v) is 9.80. The summed E-state index contributed by atoms with van der Waals surface area (Å²) in [5.41, 5.74) is 3.79. The summed E-state index contributed by atoms with van der Waals surface area (Å²) >= 11 is 12.8. The van der Waals surface area contributed by atoms with E-state index in [-0.39, 0.29) is 23.8 Å². The third kappa shape index (κ3) is 8.09. The molecule has 2 aromatic heterocycles. The summed E-state index contributed by atoms with van der Waals surface area (Å²) in [6.45, 7) is 11.5. The molecule has 2 saturated heterocycles. The number of aryl methyl sites for hydroxylation is 1. The van der Waals surface area contributed by atoms with Crippen molar-refractivity contribution in [2.75, 3.05) is 49.2 Å². The first kappa shape index (κ1) is 35.1. The summed E-state index contributed by atoms with van der Waals surface area (Å²) in [6.07, 6.45) is 5.23. The van der Waals surface area contributed by atoms with Crippen molar-refractivity contribution in [3.05, 3.63) is 112 Å². The normalized spacial score (nSPS) is 19.5. The van der Waals surface area contributed by atoms with Gasteiger partial charge < -0.3 is 24.0 Å². The topological polar surface area (TPSA) is 105 Å². The smallest absolute Gasteiger partial charge is 0.350 e. The quantitative estimate of drug-likeness (QED) is 0.161. The van der Waals surface area contributed by atoms with Crippen molar-refractivity contribution in [1.29, 1.82) is 0 Å². The molecule has 12 nitrogen and oxygen atoms in total. The Kier molecular flexibility index (Phi) is 10.1. The molecule has 0 N–H and O–H groups in total. The number of ether oxygens (including phenoxy) is 3. The Morgan fingerprint density at radius 1 is 0.882 bits per heavy atom. The third-order valence-electron chi connectivity index (χ3n) is 9.26. The van der Waals surface area contributed by atoms with E-state index in [1.165, 1.54) is 6.33 Å². The number of nitrogens with zero attached hydrogens (tertiary/aromatic N) is 8. The summed E-state index contributed by atoms with van der Waals surface area (Å²) in [5.74, 6) is -0.411. The standard InChI is InChI=1S/C37H42Cl2N8O4/c1-36(2,3)14-15-47-35(48)46(26-42-47)30-7-5-28(6-8-30)43-16-18-44(19-17-43)29-9-11-31(12-10-29)49-21-32-22-50-37(51-32,23-45-25-40-24-41-45)33-13-4-27(38)20-34(33)39/h4-13,20,24-26,32H,14-19,21-23H2,1-3H3/t32-,37-/m1/s1. The number of piperazine rings is 1. The van der Waals surface area contributed by atoms with Crippen LogP contribution in [0.25, 0.3) is 5.69 Å². The van der Waals surface area contributed by atoms with Crippen LogP contribution < -0.4 is 20.2 Å². The first-order chi connectivity index (χ1) is 24.5. The zero-order valence-electron chi connectivity index (χ0n) is 29.0. The summed E-state index contributed by atoms with van der Waals surface area (Å²) in [6, 6.07) is 21.6. The molecule has 0 saturated carbocycles. The number of benzene rings is 3. The fourth-order valence-electron chi connectivity index (χ4n) is 6.38. The summed E-state index contributed by atoms with van der Waals surface area (Å²) in [7, 11) is 0. The largest absolute Gasteiger partial charge is 0.491 e. The van der Waals surface area contributed by atoms with Crippen LogP contribution in [-0.2, 0) is 28.4 Å². The Morgan fingerprint density at radius 2 is 1.55 bits per heavy atom. The molecule has 5 aromatic rings. The molecule has 0 aliphatic carbocycles. The molecule has 0 unspecified atom stereocenters. The monoisotopic (exact) mass is 732 g/mol. The van der Waals surface area contributed by atoms with E-state index in [0.29, 0.717) is 35.4 Å². The van der Waals surface area contributed by atoms with Crippen molar-refractivity contribution >= 4 is 34.6 Å². The van der Waals surface area contributed by atoms with Gasteiger partial charge in [-0.15, -0.1) is 0 Å². The summed E-state index contributed by atoms with van der Waals surface area (Å²) < 4.78 is 23.7. The second-order valence-electron chi connectivity index (χ2n) is 14.1. The van der Waals surface area contributed by atoms with Crippen molar-refractivity contribution < 1.29 is 14.2 Å². The van der Waals surface area contributed by atoms with Gasteiger partial charge in [0.2, 0.25) is 5.79 Å². The molecular weight excluding hydrogens is 691 g/mol. The Balaban J connectivity index is 0.912. The van der Waals surface area contributed by atoms with Gasteiger partial charge >= 0.3 is 5.69 Å². The molecule has 7 rings (SSSR count). The second kappa shape index (κ2) is 14.7. The van der Waals surface area contributed by atoms with Crippen LogP contribution in [0.2, 0.25) is 10.0 Å². The van der Waals surface area contributed by atoms with Crippen molar-refractivity contribution in [3.63, 3.8) is 0 Å². The molecule has 3 aromatic carbocycles. The van der Waals surface area contributed by atoms with Crippen LogP contribution >= 0.6 is 23.2 Å². The first-order valence-electron chi connectivity index (χ1n) is 17.1. The van der Waals surface area contributed by atoms with E-state index in [1.54, 1.807) is 38.7 Å². The predicted octanol–water partition coefficient (Wildman–Crippen LogP) is 6.04. The number of rotatable bonds is 11. The summed E-state index contributed by atoms with van der Waals surface area (Å²) in [4.78, 5) is 21.7. The Bertz CT molecular complexity index is 1970. The van der Waals surface area contributed by atoms with Crippen LogP contribution in [0.15, 0.2) is 90.5 Å². The maximum Gasteiger partial charge on any atom is 0.350 e. The molecule has 268 valence electrons. The van der Waals surface area contributed by atoms with Crippen molar-refractivity contribution in [3.8, 4) is 11.4 Å². The van der Waals surface area contributed by atoms with Crippen LogP contribution in [0.3, 0.4) is 0 Å². The van der Waals surface area contributed by atoms with E-state index >= 15 is 0 Å². The second-order valence-corrected chi connectivity index (χ2v) is 15.0. The molecule has 0 amide bonds. The fourth-order valence-corrected chi connectivity index (χ4v) is 6.93. The molecule has 0 bridgehead atoms. The van der Waals surface area contributed by atoms with Gasteiger partial charge in [-0.3, -0.25) is 0 Å². The van der Waals surface area contributed by atoms with E-state index in [4.69, 9.17) is 37.4 Å². The average Bonchev–Trinajstić information content (AvgIpc) is 3.88. The van der Waals surface area contributed by atoms with Crippen LogP contribution in [0.5, 0.6) is 5.75 Å². The highest BCUT2D eigenvalue weighted by atomic mass is 35.5. The molecule has 2 aliphatic heterocycles. The highest BCUT2D eigenvalue weighted by molar-refractivity contribution is 6.35. The van der Waals surface area contributed by atoms with Crippen molar-refractivity contribution in [2.45, 2.75) is 52.2 Å². The molecule has 2 fully saturated rings. The lowest BCUT2D eigenvalue weighted by atomic mass is 9.92. The molecule has 14 heteroatoms. The van der Waals surface area contributed by atoms with Gasteiger partial charge in [0.25, 0.3) is 0 Å². The predicted molar refractivity (Wildman–Crippen MR) is 197 cm³/mol. The van der Waals surface area contributed by atoms with Gasteiger partial charge in [-0.2, -0.15) is 10.2 Å². The zero-order chi connectivity index (χ0) is 35.6. The van der Waals surface area contributed by atoms with E-state index in [9.17, 15) is 4.79 Å². The van der Waals surface area contributed by atoms with E-state index in [1.807, 2.05) is 30.3 Å². The van der Waals surface area contributed by atoms with Crippen LogP contribution in [0.1, 0.15) is 32.8 Å². The van der Waals surface area contributed by atoms with Crippen LogP contribution in [0.4, 0.5) is 11.4 Å². The maximum absolute atomic E-state index is 12.9. The number of anilines is 2. The highest BCUT2D eigenvalue weighted by Crippen LogP contribution is 2.40. The highest BCUT2D eigenvalue weighted by Gasteiger charge is 2.45. The average molecular weight is 734 g/mol. The van der Waals surface area contributed by atoms with Gasteiger partial charge in [0, 0.05) is 54.7 Å². The lowest BCUT2D eigenvalue weighted by molar-refractivity contribution is -0.190. The van der Waals surface area contributed by atoms with Gasteiger partial charge in [0.05, 0.1) is 17.3 Å². The molecule has 2 aliphatic rings. The minimum atomic E-state index is -1.16. The number of hydrogen-bond acceptors (Lipinski definition) is 9. The molecule has 0 radical (unpaired) electrons. The molecule has 0 spiro atoms. The number of aromatic nitrogens is 6. The molecule has 51 heavy (non-hydrogen) atoms. The number of halogens is 2. The van der Waals surface area contributed by atoms with E-state index in [2.05, 4.69) is 70.0 Å². The lowest BCUT2D eigenvalue weighted by Crippen LogP contribution is -2.46. The minimum absolute atomic E-state index is 0.112. The van der Waals surface area contributed by atoms with Crippen LogP contribution in [-0.4, -0.2) is 74.6 Å². The van der Waals surface area contributed by atoms with Crippen LogP contribution in [0, 0.1) is 5.41 Å². The van der Waals surface area contributed by atoms with Gasteiger partial charge in [0.1, 0.15) is 44.0 Å². The Hall–Kier alpha value is -4.36. The van der Waals surface area contributed by atoms with Crippen molar-refractivity contribution in [1.82, 2.24) is 29.1 Å². The number of hydrogen-bond donors (Lipinski definition) is 0. The van der Waals surface area contributed by atoms with E-state index in [0.717, 1.165) is 55.4 Å². The molecule has 2 atom stereocenters. The molecular formula is C37H42Cl2N8O4. The maximum atomic E-state index is 12.9. The van der Waals surface area contributed by atoms with Gasteiger partial charge in [-0.1, -0.05) is 50.0 Å². The van der Waals surface area contributed by atoms with E-state index < -0.39 is 5.79 Å². The van der Waals surface area contributed by atoms with Gasteiger partial charge in [-0.05, 0) is 72.5 Å². The first-order valence-corrected chi connectivity index (χ1v) is 17.9. The molecule has 4 heterocycles. The Labute approximate surface area is 307 Å². The van der Waals surface area contributed by atoms with Gasteiger partial charge in [-0.25, -0.2) is 23.7 Å². The summed E-state index contributed by atoms with van der Waals surface area (Å²) in [5, 5.41) is 9.54. The van der Waals surface area contributed by atoms with Gasteiger partial charge in [0.15, 0.2) is 0 Å². The van der Waals surface area contributed by atoms with Crippen molar-refractivity contribution in [2.24, 2.45) is 5.41 Å². The zero-order valence-corrected chi connectivity index (χ0v) is 30.5. The fraction of sp³-hybridized carbons (Fsp3) is 0.405. The SMILES string of the molecule is CC(C)(C)CCn1ncn(-c2ccc(N3CCN(c4ccc(OC[C@@H]5CO[C@@](Cn6cncn6)(c6ccc(Cl)cc6Cl)O5)cc4)CC3)cc2)c1=O.